The summed E-state index contributed by atoms with van der Waals surface area (Å²) in [6.45, 7) is 2.64. The van der Waals surface area contributed by atoms with Crippen LogP contribution in [-0.2, 0) is 20.1 Å². The van der Waals surface area contributed by atoms with Gasteiger partial charge in [-0.3, -0.25) is 0 Å². The Labute approximate surface area is 95.7 Å². The van der Waals surface area contributed by atoms with Crippen molar-refractivity contribution in [2.75, 3.05) is 0 Å². The van der Waals surface area contributed by atoms with Crippen molar-refractivity contribution in [2.24, 2.45) is 7.05 Å². The van der Waals surface area contributed by atoms with Gasteiger partial charge < -0.3 is 9.30 Å². The first-order chi connectivity index (χ1) is 7.81. The molecule has 0 saturated carbocycles. The molecule has 0 aliphatic heterocycles. The number of nitrogens with zero attached hydrogens (tertiary/aromatic N) is 2. The zero-order chi connectivity index (χ0) is 11.4. The quantitative estimate of drug-likeness (QED) is 0.785. The van der Waals surface area contributed by atoms with Crippen LogP contribution in [0.1, 0.15) is 18.3 Å². The molecular formula is C13H16N2O. The van der Waals surface area contributed by atoms with E-state index < -0.39 is 0 Å². The Hall–Kier alpha value is -1.77. The van der Waals surface area contributed by atoms with Gasteiger partial charge in [-0.05, 0) is 18.1 Å². The molecular weight excluding hydrogens is 200 g/mol. The van der Waals surface area contributed by atoms with Crippen LogP contribution in [0.2, 0.25) is 0 Å². The van der Waals surface area contributed by atoms with E-state index in [2.05, 4.69) is 18.0 Å². The molecule has 0 aliphatic rings. The fourth-order valence-corrected chi connectivity index (χ4v) is 1.61. The number of aromatic nitrogens is 2. The molecule has 2 rings (SSSR count). The Balaban J connectivity index is 2.07. The van der Waals surface area contributed by atoms with Gasteiger partial charge in [0.1, 0.15) is 18.2 Å². The van der Waals surface area contributed by atoms with Crippen LogP contribution < -0.4 is 4.74 Å². The normalized spacial score (nSPS) is 10.4. The monoisotopic (exact) mass is 216 g/mol. The molecule has 3 nitrogen and oxygen atoms in total. The lowest BCUT2D eigenvalue weighted by molar-refractivity contribution is 0.289. The Kier molecular flexibility index (Phi) is 3.25. The highest BCUT2D eigenvalue weighted by Crippen LogP contribution is 2.19. The number of ether oxygens (including phenoxy) is 1. The molecule has 0 fully saturated rings. The largest absolute Gasteiger partial charge is 0.485 e. The first kappa shape index (κ1) is 10.7. The number of aryl methyl sites for hydroxylation is 2. The topological polar surface area (TPSA) is 27.1 Å². The van der Waals surface area contributed by atoms with E-state index in [1.807, 2.05) is 36.0 Å². The number of benzene rings is 1. The maximum atomic E-state index is 5.77. The summed E-state index contributed by atoms with van der Waals surface area (Å²) in [5.41, 5.74) is 1.23. The summed E-state index contributed by atoms with van der Waals surface area (Å²) in [5, 5.41) is 0. The fraction of sp³-hybridized carbons (Fsp3) is 0.308. The van der Waals surface area contributed by atoms with Gasteiger partial charge in [0.2, 0.25) is 0 Å². The van der Waals surface area contributed by atoms with Crippen molar-refractivity contribution in [1.82, 2.24) is 9.55 Å². The minimum atomic E-state index is 0.514. The van der Waals surface area contributed by atoms with Gasteiger partial charge in [0, 0.05) is 19.4 Å². The summed E-state index contributed by atoms with van der Waals surface area (Å²) in [5.74, 6) is 1.89. The summed E-state index contributed by atoms with van der Waals surface area (Å²) in [7, 11) is 1.97. The molecule has 16 heavy (non-hydrogen) atoms. The number of hydrogen-bond acceptors (Lipinski definition) is 2. The van der Waals surface area contributed by atoms with Crippen molar-refractivity contribution in [1.29, 1.82) is 0 Å². The van der Waals surface area contributed by atoms with Gasteiger partial charge in [-0.1, -0.05) is 25.1 Å². The molecule has 84 valence electrons. The van der Waals surface area contributed by atoms with Crippen LogP contribution >= 0.6 is 0 Å². The van der Waals surface area contributed by atoms with Crippen LogP contribution in [-0.4, -0.2) is 9.55 Å². The zero-order valence-electron chi connectivity index (χ0n) is 9.68. The third kappa shape index (κ3) is 2.24. The molecule has 1 heterocycles. The van der Waals surface area contributed by atoms with E-state index in [0.29, 0.717) is 6.61 Å². The highest BCUT2D eigenvalue weighted by molar-refractivity contribution is 5.33. The summed E-state index contributed by atoms with van der Waals surface area (Å²) in [6, 6.07) is 8.12. The molecule has 3 heteroatoms. The lowest BCUT2D eigenvalue weighted by atomic mass is 10.1. The van der Waals surface area contributed by atoms with Crippen LogP contribution in [0.4, 0.5) is 0 Å². The zero-order valence-corrected chi connectivity index (χ0v) is 9.68. The summed E-state index contributed by atoms with van der Waals surface area (Å²) < 4.78 is 7.74. The van der Waals surface area contributed by atoms with E-state index >= 15 is 0 Å². The van der Waals surface area contributed by atoms with Gasteiger partial charge >= 0.3 is 0 Å². The van der Waals surface area contributed by atoms with Crippen molar-refractivity contribution in [2.45, 2.75) is 20.0 Å². The van der Waals surface area contributed by atoms with E-state index in [4.69, 9.17) is 4.74 Å². The number of para-hydroxylation sites is 1. The second-order valence-corrected chi connectivity index (χ2v) is 3.70. The molecule has 1 aromatic heterocycles. The van der Waals surface area contributed by atoms with Gasteiger partial charge in [0.15, 0.2) is 0 Å². The Morgan fingerprint density at radius 2 is 2.12 bits per heavy atom. The molecule has 2 aromatic rings. The molecule has 0 atom stereocenters. The van der Waals surface area contributed by atoms with Crippen molar-refractivity contribution in [3.05, 3.63) is 48.0 Å². The molecule has 0 bridgehead atoms. The predicted molar refractivity (Wildman–Crippen MR) is 63.4 cm³/mol. The second kappa shape index (κ2) is 4.84. The van der Waals surface area contributed by atoms with E-state index in [9.17, 15) is 0 Å². The minimum Gasteiger partial charge on any atom is -0.485 e. The van der Waals surface area contributed by atoms with E-state index in [1.165, 1.54) is 5.56 Å². The minimum absolute atomic E-state index is 0.514. The average molecular weight is 216 g/mol. The maximum absolute atomic E-state index is 5.77. The van der Waals surface area contributed by atoms with Gasteiger partial charge in [0.05, 0.1) is 0 Å². The Bertz CT molecular complexity index is 462. The first-order valence-corrected chi connectivity index (χ1v) is 5.48. The van der Waals surface area contributed by atoms with Gasteiger partial charge in [0.25, 0.3) is 0 Å². The second-order valence-electron chi connectivity index (χ2n) is 3.70. The Morgan fingerprint density at radius 1 is 1.31 bits per heavy atom. The Morgan fingerprint density at radius 3 is 2.81 bits per heavy atom. The van der Waals surface area contributed by atoms with Gasteiger partial charge in [-0.15, -0.1) is 0 Å². The number of imidazole rings is 1. The highest BCUT2D eigenvalue weighted by atomic mass is 16.5. The third-order valence-electron chi connectivity index (χ3n) is 2.63. The van der Waals surface area contributed by atoms with Crippen molar-refractivity contribution < 1.29 is 4.74 Å². The lowest BCUT2D eigenvalue weighted by Crippen LogP contribution is -2.04. The number of rotatable bonds is 4. The fourth-order valence-electron chi connectivity index (χ4n) is 1.61. The first-order valence-electron chi connectivity index (χ1n) is 5.48. The average Bonchev–Trinajstić information content (AvgIpc) is 2.72. The molecule has 1 aromatic carbocycles. The van der Waals surface area contributed by atoms with Crippen LogP contribution in [0.25, 0.3) is 0 Å². The van der Waals surface area contributed by atoms with E-state index in [-0.39, 0.29) is 0 Å². The third-order valence-corrected chi connectivity index (χ3v) is 2.63. The van der Waals surface area contributed by atoms with Crippen LogP contribution in [0.3, 0.4) is 0 Å². The van der Waals surface area contributed by atoms with E-state index in [0.717, 1.165) is 18.0 Å². The van der Waals surface area contributed by atoms with Crippen LogP contribution in [0.5, 0.6) is 5.75 Å². The standard InChI is InChI=1S/C13H16N2O/c1-3-11-6-4-5-7-12(11)16-10-13-14-8-9-15(13)2/h4-9H,3,10H2,1-2H3. The molecule has 0 unspecified atom stereocenters. The van der Waals surface area contributed by atoms with Crippen molar-refractivity contribution >= 4 is 0 Å². The molecule has 0 saturated heterocycles. The van der Waals surface area contributed by atoms with Crippen LogP contribution in [0, 0.1) is 0 Å². The highest BCUT2D eigenvalue weighted by Gasteiger charge is 2.03. The lowest BCUT2D eigenvalue weighted by Gasteiger charge is -2.09. The van der Waals surface area contributed by atoms with Gasteiger partial charge in [-0.2, -0.15) is 0 Å². The summed E-state index contributed by atoms with van der Waals surface area (Å²) in [4.78, 5) is 4.22. The smallest absolute Gasteiger partial charge is 0.146 e. The van der Waals surface area contributed by atoms with Gasteiger partial charge in [-0.25, -0.2) is 4.98 Å². The molecule has 0 aliphatic carbocycles. The van der Waals surface area contributed by atoms with Crippen molar-refractivity contribution in [3.8, 4) is 5.75 Å². The molecule has 0 amide bonds. The number of hydrogen-bond donors (Lipinski definition) is 0. The predicted octanol–water partition coefficient (Wildman–Crippen LogP) is 2.56. The molecule has 0 spiro atoms. The summed E-state index contributed by atoms with van der Waals surface area (Å²) >= 11 is 0. The SMILES string of the molecule is CCc1ccccc1OCc1nccn1C. The van der Waals surface area contributed by atoms with E-state index in [1.54, 1.807) is 6.20 Å². The summed E-state index contributed by atoms with van der Waals surface area (Å²) in [6.07, 6.45) is 4.69. The van der Waals surface area contributed by atoms with Crippen molar-refractivity contribution in [3.63, 3.8) is 0 Å². The molecule has 0 radical (unpaired) electrons. The maximum Gasteiger partial charge on any atom is 0.146 e. The van der Waals surface area contributed by atoms with Crippen LogP contribution in [0.15, 0.2) is 36.7 Å². The molecule has 0 N–H and O–H groups in total.